The van der Waals surface area contributed by atoms with E-state index in [1.165, 1.54) is 25.7 Å². The van der Waals surface area contributed by atoms with Gasteiger partial charge in [0.25, 0.3) is 0 Å². The summed E-state index contributed by atoms with van der Waals surface area (Å²) in [5.74, 6) is 1.45. The summed E-state index contributed by atoms with van der Waals surface area (Å²) < 4.78 is 7.59. The molecule has 2 aliphatic carbocycles. The van der Waals surface area contributed by atoms with Gasteiger partial charge in [-0.15, -0.1) is 5.10 Å². The molecule has 1 saturated heterocycles. The van der Waals surface area contributed by atoms with Gasteiger partial charge in [-0.3, -0.25) is 4.79 Å². The van der Waals surface area contributed by atoms with Crippen LogP contribution in [0.4, 0.5) is 0 Å². The Bertz CT molecular complexity index is 552. The van der Waals surface area contributed by atoms with Crippen molar-refractivity contribution in [1.82, 2.24) is 25.1 Å². The zero-order chi connectivity index (χ0) is 15.6. The maximum absolute atomic E-state index is 12.8. The lowest BCUT2D eigenvalue weighted by Crippen LogP contribution is -2.55. The Morgan fingerprint density at radius 1 is 1.13 bits per heavy atom. The average molecular weight is 319 g/mol. The highest BCUT2D eigenvalue weighted by atomic mass is 16.5. The third kappa shape index (κ3) is 2.98. The molecule has 2 atom stereocenters. The number of hydrogen-bond donors (Lipinski definition) is 0. The Hall–Kier alpha value is -1.50. The normalized spacial score (nSPS) is 28.8. The first-order valence-corrected chi connectivity index (χ1v) is 9.00. The topological polar surface area (TPSA) is 73.1 Å². The number of fused-ring (bicyclic) bond motifs is 1. The number of ether oxygens (including phenoxy) is 1. The highest BCUT2D eigenvalue weighted by molar-refractivity contribution is 5.76. The van der Waals surface area contributed by atoms with Crippen LogP contribution in [0.3, 0.4) is 0 Å². The summed E-state index contributed by atoms with van der Waals surface area (Å²) in [6.07, 6.45) is 9.50. The van der Waals surface area contributed by atoms with Crippen molar-refractivity contribution in [2.45, 2.75) is 76.0 Å². The summed E-state index contributed by atoms with van der Waals surface area (Å²) in [5.41, 5.74) is 0. The van der Waals surface area contributed by atoms with Crippen LogP contribution in [-0.2, 0) is 16.1 Å². The van der Waals surface area contributed by atoms with Gasteiger partial charge in [0.15, 0.2) is 5.82 Å². The molecule has 0 radical (unpaired) electrons. The first kappa shape index (κ1) is 15.1. The zero-order valence-electron chi connectivity index (χ0n) is 13.6. The van der Waals surface area contributed by atoms with Crippen LogP contribution >= 0.6 is 0 Å². The molecule has 1 aromatic heterocycles. The summed E-state index contributed by atoms with van der Waals surface area (Å²) in [4.78, 5) is 14.9. The molecular weight excluding hydrogens is 294 g/mol. The molecule has 23 heavy (non-hydrogen) atoms. The van der Waals surface area contributed by atoms with Gasteiger partial charge in [-0.2, -0.15) is 0 Å². The number of carbonyl (C=O) groups excluding carboxylic acids is 1. The van der Waals surface area contributed by atoms with Crippen molar-refractivity contribution in [3.63, 3.8) is 0 Å². The molecule has 1 amide bonds. The van der Waals surface area contributed by atoms with E-state index >= 15 is 0 Å². The fraction of sp³-hybridized carbons (Fsp3) is 0.875. The molecule has 2 unspecified atom stereocenters. The van der Waals surface area contributed by atoms with E-state index in [4.69, 9.17) is 4.74 Å². The summed E-state index contributed by atoms with van der Waals surface area (Å²) in [6, 6.07) is 0.247. The van der Waals surface area contributed by atoms with Gasteiger partial charge in [-0.05, 0) is 36.1 Å². The second-order valence-electron chi connectivity index (χ2n) is 7.02. The second-order valence-corrected chi connectivity index (χ2v) is 7.02. The van der Waals surface area contributed by atoms with Crippen LogP contribution in [0.5, 0.6) is 0 Å². The van der Waals surface area contributed by atoms with Crippen LogP contribution in [0.2, 0.25) is 0 Å². The molecule has 4 rings (SSSR count). The van der Waals surface area contributed by atoms with Gasteiger partial charge in [0.2, 0.25) is 5.91 Å². The predicted molar refractivity (Wildman–Crippen MR) is 82.7 cm³/mol. The minimum Gasteiger partial charge on any atom is -0.374 e. The van der Waals surface area contributed by atoms with E-state index < -0.39 is 0 Å². The SMILES string of the molecule is O=C(Cn1nnnc1C1CCCC1)N1CCOC2CCCCC21. The number of morpholine rings is 1. The molecule has 2 heterocycles. The van der Waals surface area contributed by atoms with Crippen LogP contribution in [0.25, 0.3) is 0 Å². The van der Waals surface area contributed by atoms with Crippen LogP contribution in [0.1, 0.15) is 63.1 Å². The van der Waals surface area contributed by atoms with Crippen molar-refractivity contribution in [3.05, 3.63) is 5.82 Å². The molecule has 1 aromatic rings. The van der Waals surface area contributed by atoms with Gasteiger partial charge in [0.1, 0.15) is 6.54 Å². The molecule has 126 valence electrons. The molecule has 0 N–H and O–H groups in total. The number of hydrogen-bond acceptors (Lipinski definition) is 5. The quantitative estimate of drug-likeness (QED) is 0.844. The number of tetrazole rings is 1. The second kappa shape index (κ2) is 6.55. The number of amides is 1. The predicted octanol–water partition coefficient (Wildman–Crippen LogP) is 1.50. The first-order chi connectivity index (χ1) is 11.3. The Morgan fingerprint density at radius 2 is 1.91 bits per heavy atom. The highest BCUT2D eigenvalue weighted by Crippen LogP contribution is 2.33. The third-order valence-corrected chi connectivity index (χ3v) is 5.62. The van der Waals surface area contributed by atoms with Gasteiger partial charge >= 0.3 is 0 Å². The van der Waals surface area contributed by atoms with E-state index in [2.05, 4.69) is 15.5 Å². The third-order valence-electron chi connectivity index (χ3n) is 5.62. The minimum absolute atomic E-state index is 0.136. The van der Waals surface area contributed by atoms with Crippen LogP contribution in [0, 0.1) is 0 Å². The van der Waals surface area contributed by atoms with Crippen LogP contribution in [-0.4, -0.2) is 56.3 Å². The Morgan fingerprint density at radius 3 is 2.78 bits per heavy atom. The number of aromatic nitrogens is 4. The summed E-state index contributed by atoms with van der Waals surface area (Å²) >= 11 is 0. The smallest absolute Gasteiger partial charge is 0.244 e. The molecule has 0 spiro atoms. The van der Waals surface area contributed by atoms with E-state index in [-0.39, 0.29) is 24.6 Å². The van der Waals surface area contributed by atoms with E-state index in [0.29, 0.717) is 19.1 Å². The summed E-state index contributed by atoms with van der Waals surface area (Å²) in [5, 5.41) is 12.1. The molecule has 3 fully saturated rings. The fourth-order valence-electron chi connectivity index (χ4n) is 4.43. The largest absolute Gasteiger partial charge is 0.374 e. The Balaban J connectivity index is 1.46. The van der Waals surface area contributed by atoms with Crippen molar-refractivity contribution < 1.29 is 9.53 Å². The Kier molecular flexibility index (Phi) is 4.29. The minimum atomic E-state index is 0.136. The molecule has 3 aliphatic rings. The summed E-state index contributed by atoms with van der Waals surface area (Å²) in [7, 11) is 0. The number of rotatable bonds is 3. The van der Waals surface area contributed by atoms with Crippen LogP contribution in [0.15, 0.2) is 0 Å². The number of carbonyl (C=O) groups is 1. The van der Waals surface area contributed by atoms with Gasteiger partial charge in [-0.1, -0.05) is 25.7 Å². The highest BCUT2D eigenvalue weighted by Gasteiger charge is 2.37. The van der Waals surface area contributed by atoms with Crippen molar-refractivity contribution in [2.24, 2.45) is 0 Å². The zero-order valence-corrected chi connectivity index (χ0v) is 13.6. The summed E-state index contributed by atoms with van der Waals surface area (Å²) in [6.45, 7) is 1.61. The van der Waals surface area contributed by atoms with Crippen molar-refractivity contribution >= 4 is 5.91 Å². The van der Waals surface area contributed by atoms with Crippen molar-refractivity contribution in [3.8, 4) is 0 Å². The molecule has 1 aliphatic heterocycles. The molecule has 7 nitrogen and oxygen atoms in total. The molecule has 2 saturated carbocycles. The van der Waals surface area contributed by atoms with E-state index in [1.807, 2.05) is 4.90 Å². The van der Waals surface area contributed by atoms with Crippen molar-refractivity contribution in [2.75, 3.05) is 13.2 Å². The monoisotopic (exact) mass is 319 g/mol. The van der Waals surface area contributed by atoms with Crippen molar-refractivity contribution in [1.29, 1.82) is 0 Å². The van der Waals surface area contributed by atoms with Crippen LogP contribution < -0.4 is 0 Å². The van der Waals surface area contributed by atoms with Gasteiger partial charge < -0.3 is 9.64 Å². The van der Waals surface area contributed by atoms with Gasteiger partial charge in [0, 0.05) is 12.5 Å². The molecule has 0 bridgehead atoms. The average Bonchev–Trinajstić information content (AvgIpc) is 3.25. The van der Waals surface area contributed by atoms with E-state index in [1.54, 1.807) is 4.68 Å². The number of nitrogens with zero attached hydrogens (tertiary/aromatic N) is 5. The maximum atomic E-state index is 12.8. The molecular formula is C16H25N5O2. The van der Waals surface area contributed by atoms with E-state index in [0.717, 1.165) is 31.5 Å². The van der Waals surface area contributed by atoms with E-state index in [9.17, 15) is 4.79 Å². The lowest BCUT2D eigenvalue weighted by Gasteiger charge is -2.43. The lowest BCUT2D eigenvalue weighted by atomic mass is 9.90. The van der Waals surface area contributed by atoms with Gasteiger partial charge in [-0.25, -0.2) is 4.68 Å². The maximum Gasteiger partial charge on any atom is 0.244 e. The fourth-order valence-corrected chi connectivity index (χ4v) is 4.43. The standard InChI is InChI=1S/C16H25N5O2/c22-15(20-9-10-23-14-8-4-3-7-13(14)20)11-21-16(17-18-19-21)12-5-1-2-6-12/h12-14H,1-11H2. The molecule has 0 aromatic carbocycles. The van der Waals surface area contributed by atoms with Gasteiger partial charge in [0.05, 0.1) is 18.8 Å². The Labute approximate surface area is 136 Å². The first-order valence-electron chi connectivity index (χ1n) is 9.00. The molecule has 7 heteroatoms. The lowest BCUT2D eigenvalue weighted by molar-refractivity contribution is -0.150.